The van der Waals surface area contributed by atoms with E-state index in [0.717, 1.165) is 0 Å². The second-order valence-electron chi connectivity index (χ2n) is 4.92. The number of benzene rings is 1. The van der Waals surface area contributed by atoms with Crippen LogP contribution in [0.2, 0.25) is 0 Å². The lowest BCUT2D eigenvalue weighted by atomic mass is 10.1. The van der Waals surface area contributed by atoms with Gasteiger partial charge in [0.2, 0.25) is 0 Å². The summed E-state index contributed by atoms with van der Waals surface area (Å²) in [5.41, 5.74) is 1.19. The minimum absolute atomic E-state index is 0.00433. The van der Waals surface area contributed by atoms with Crippen molar-refractivity contribution in [1.82, 2.24) is 4.98 Å². The van der Waals surface area contributed by atoms with E-state index in [1.807, 2.05) is 0 Å². The molecule has 2 rings (SSSR count). The molecule has 0 spiro atoms. The molecule has 1 aromatic carbocycles. The molecule has 1 heterocycles. The molecule has 1 atom stereocenters. The molecular formula is C16H17N3O4S. The molecule has 0 aliphatic rings. The highest BCUT2D eigenvalue weighted by molar-refractivity contribution is 7.14. The van der Waals surface area contributed by atoms with E-state index in [1.165, 1.54) is 23.5 Å². The molecule has 1 N–H and O–H groups in total. The Hall–Kier alpha value is -2.58. The normalized spacial score (nSPS) is 11.7. The van der Waals surface area contributed by atoms with Crippen molar-refractivity contribution in [2.45, 2.75) is 19.4 Å². The largest absolute Gasteiger partial charge is 0.368 e. The van der Waals surface area contributed by atoms with Gasteiger partial charge in [-0.2, -0.15) is 0 Å². The minimum atomic E-state index is -0.602. The number of aromatic nitrogens is 1. The van der Waals surface area contributed by atoms with E-state index in [-0.39, 0.29) is 11.6 Å². The lowest BCUT2D eigenvalue weighted by molar-refractivity contribution is -0.384. The van der Waals surface area contributed by atoms with Crippen molar-refractivity contribution in [3.05, 3.63) is 52.4 Å². The molecule has 0 fully saturated rings. The summed E-state index contributed by atoms with van der Waals surface area (Å²) in [6.45, 7) is 5.67. The van der Waals surface area contributed by atoms with E-state index in [9.17, 15) is 14.9 Å². The van der Waals surface area contributed by atoms with Crippen molar-refractivity contribution >= 4 is 28.1 Å². The summed E-state index contributed by atoms with van der Waals surface area (Å²) >= 11 is 1.25. The number of nitrogens with zero attached hydrogens (tertiary/aromatic N) is 2. The number of nitrogens with one attached hydrogen (secondary N) is 1. The number of hydrogen-bond donors (Lipinski definition) is 1. The lowest BCUT2D eigenvalue weighted by Gasteiger charge is -2.11. The number of ether oxygens (including phenoxy) is 1. The van der Waals surface area contributed by atoms with Gasteiger partial charge < -0.3 is 4.74 Å². The zero-order valence-electron chi connectivity index (χ0n) is 13.1. The van der Waals surface area contributed by atoms with Crippen molar-refractivity contribution in [1.29, 1.82) is 0 Å². The predicted octanol–water partition coefficient (Wildman–Crippen LogP) is 3.64. The number of non-ortho nitro benzene ring substituents is 1. The Bertz CT molecular complexity index is 744. The molecule has 0 aliphatic heterocycles. The van der Waals surface area contributed by atoms with Gasteiger partial charge in [-0.1, -0.05) is 18.2 Å². The topological polar surface area (TPSA) is 94.4 Å². The quantitative estimate of drug-likeness (QED) is 0.340. The SMILES string of the molecule is C=CCCOC(C)C(=O)Nc1nc(-c2cccc([N+](=O)[O-])c2)cs1. The summed E-state index contributed by atoms with van der Waals surface area (Å²) in [5.74, 6) is -0.293. The lowest BCUT2D eigenvalue weighted by Crippen LogP contribution is -2.27. The zero-order chi connectivity index (χ0) is 17.5. The van der Waals surface area contributed by atoms with E-state index in [4.69, 9.17) is 4.74 Å². The Kier molecular flexibility index (Phi) is 6.16. The van der Waals surface area contributed by atoms with Gasteiger partial charge in [0.05, 0.1) is 17.2 Å². The molecular weight excluding hydrogens is 330 g/mol. The fourth-order valence-electron chi connectivity index (χ4n) is 1.85. The highest BCUT2D eigenvalue weighted by Gasteiger charge is 2.16. The predicted molar refractivity (Wildman–Crippen MR) is 93.1 cm³/mol. The Balaban J connectivity index is 2.02. The first kappa shape index (κ1) is 17.8. The fourth-order valence-corrected chi connectivity index (χ4v) is 2.58. The molecule has 2 aromatic rings. The highest BCUT2D eigenvalue weighted by atomic mass is 32.1. The fraction of sp³-hybridized carbons (Fsp3) is 0.250. The number of anilines is 1. The molecule has 0 bridgehead atoms. The standard InChI is InChI=1S/C16H17N3O4S/c1-3-4-8-23-11(2)15(20)18-16-17-14(10-24-16)12-6-5-7-13(9-12)19(21)22/h3,5-7,9-11H,1,4,8H2,2H3,(H,17,18,20). The van der Waals surface area contributed by atoms with Gasteiger partial charge in [-0.05, 0) is 13.3 Å². The number of amides is 1. The first-order valence-electron chi connectivity index (χ1n) is 7.25. The molecule has 0 saturated heterocycles. The van der Waals surface area contributed by atoms with Gasteiger partial charge >= 0.3 is 0 Å². The van der Waals surface area contributed by atoms with E-state index in [1.54, 1.807) is 30.5 Å². The molecule has 24 heavy (non-hydrogen) atoms. The summed E-state index contributed by atoms with van der Waals surface area (Å²) in [5, 5.41) is 15.7. The van der Waals surface area contributed by atoms with Crippen LogP contribution < -0.4 is 5.32 Å². The monoisotopic (exact) mass is 347 g/mol. The van der Waals surface area contributed by atoms with Crippen LogP contribution >= 0.6 is 11.3 Å². The molecule has 7 nitrogen and oxygen atoms in total. The number of carbonyl (C=O) groups is 1. The van der Waals surface area contributed by atoms with E-state index in [0.29, 0.717) is 29.4 Å². The molecule has 0 aliphatic carbocycles. The maximum absolute atomic E-state index is 12.0. The Morgan fingerprint density at radius 3 is 3.08 bits per heavy atom. The van der Waals surface area contributed by atoms with Crippen LogP contribution in [-0.4, -0.2) is 28.5 Å². The average Bonchev–Trinajstić information content (AvgIpc) is 3.03. The van der Waals surface area contributed by atoms with Crippen LogP contribution in [0.5, 0.6) is 0 Å². The van der Waals surface area contributed by atoms with Crippen molar-refractivity contribution in [3.63, 3.8) is 0 Å². The Labute approximate surface area is 143 Å². The molecule has 8 heteroatoms. The van der Waals surface area contributed by atoms with E-state index >= 15 is 0 Å². The van der Waals surface area contributed by atoms with Crippen molar-refractivity contribution in [2.75, 3.05) is 11.9 Å². The van der Waals surface area contributed by atoms with Gasteiger partial charge in [-0.25, -0.2) is 4.98 Å². The smallest absolute Gasteiger partial charge is 0.270 e. The summed E-state index contributed by atoms with van der Waals surface area (Å²) in [7, 11) is 0. The Morgan fingerprint density at radius 2 is 2.38 bits per heavy atom. The van der Waals surface area contributed by atoms with Gasteiger partial charge in [0, 0.05) is 23.1 Å². The van der Waals surface area contributed by atoms with Crippen molar-refractivity contribution in [2.24, 2.45) is 0 Å². The second kappa shape index (κ2) is 8.32. The molecule has 1 unspecified atom stereocenters. The number of nitro groups is 1. The van der Waals surface area contributed by atoms with Crippen LogP contribution in [0.3, 0.4) is 0 Å². The van der Waals surface area contributed by atoms with Gasteiger partial charge in [-0.15, -0.1) is 17.9 Å². The number of thiazole rings is 1. The molecule has 1 amide bonds. The zero-order valence-corrected chi connectivity index (χ0v) is 13.9. The van der Waals surface area contributed by atoms with Gasteiger partial charge in [0.25, 0.3) is 11.6 Å². The number of hydrogen-bond acceptors (Lipinski definition) is 6. The first-order chi connectivity index (χ1) is 11.5. The maximum Gasteiger partial charge on any atom is 0.270 e. The third-order valence-corrected chi connectivity index (χ3v) is 3.90. The van der Waals surface area contributed by atoms with Crippen LogP contribution in [0.4, 0.5) is 10.8 Å². The average molecular weight is 347 g/mol. The van der Waals surface area contributed by atoms with E-state index < -0.39 is 11.0 Å². The molecule has 1 aromatic heterocycles. The number of nitro benzene ring substituents is 1. The molecule has 126 valence electrons. The molecule has 0 radical (unpaired) electrons. The van der Waals surface area contributed by atoms with Crippen LogP contribution in [0, 0.1) is 10.1 Å². The molecule has 0 saturated carbocycles. The summed E-state index contributed by atoms with van der Waals surface area (Å²) in [6.07, 6.45) is 1.79. The van der Waals surface area contributed by atoms with Crippen LogP contribution in [-0.2, 0) is 9.53 Å². The van der Waals surface area contributed by atoms with E-state index in [2.05, 4.69) is 16.9 Å². The van der Waals surface area contributed by atoms with Gasteiger partial charge in [0.1, 0.15) is 6.10 Å². The third kappa shape index (κ3) is 4.71. The van der Waals surface area contributed by atoms with Gasteiger partial charge in [-0.3, -0.25) is 20.2 Å². The number of carbonyl (C=O) groups excluding carboxylic acids is 1. The minimum Gasteiger partial charge on any atom is -0.368 e. The van der Waals surface area contributed by atoms with Crippen LogP contribution in [0.15, 0.2) is 42.3 Å². The van der Waals surface area contributed by atoms with Gasteiger partial charge in [0.15, 0.2) is 5.13 Å². The summed E-state index contributed by atoms with van der Waals surface area (Å²) in [6, 6.07) is 6.19. The third-order valence-electron chi connectivity index (χ3n) is 3.15. The Morgan fingerprint density at radius 1 is 1.58 bits per heavy atom. The first-order valence-corrected chi connectivity index (χ1v) is 8.13. The maximum atomic E-state index is 12.0. The summed E-state index contributed by atoms with van der Waals surface area (Å²) < 4.78 is 5.37. The second-order valence-corrected chi connectivity index (χ2v) is 5.78. The van der Waals surface area contributed by atoms with Crippen LogP contribution in [0.25, 0.3) is 11.3 Å². The summed E-state index contributed by atoms with van der Waals surface area (Å²) in [4.78, 5) is 26.7. The van der Waals surface area contributed by atoms with Crippen molar-refractivity contribution in [3.8, 4) is 11.3 Å². The highest BCUT2D eigenvalue weighted by Crippen LogP contribution is 2.27. The number of rotatable bonds is 8. The van der Waals surface area contributed by atoms with Crippen LogP contribution in [0.1, 0.15) is 13.3 Å². The van der Waals surface area contributed by atoms with Crippen molar-refractivity contribution < 1.29 is 14.5 Å².